The van der Waals surface area contributed by atoms with Crippen LogP contribution in [0.25, 0.3) is 0 Å². The number of hydrogen-bond donors (Lipinski definition) is 2. The summed E-state index contributed by atoms with van der Waals surface area (Å²) in [4.78, 5) is 18.4. The molecule has 1 rings (SSSR count). The zero-order valence-corrected chi connectivity index (χ0v) is 10.8. The van der Waals surface area contributed by atoms with Gasteiger partial charge < -0.3 is 10.6 Å². The molecule has 2 N–H and O–H groups in total. The van der Waals surface area contributed by atoms with E-state index in [0.29, 0.717) is 12.5 Å². The zero-order valence-electron chi connectivity index (χ0n) is 10.8. The largest absolute Gasteiger partial charge is 0.364 e. The fraction of sp³-hybridized carbons (Fsp3) is 0.636. The summed E-state index contributed by atoms with van der Waals surface area (Å²) in [5.74, 6) is 0.698. The minimum absolute atomic E-state index is 0.0897. The minimum atomic E-state index is -0.474. The molecule has 7 heteroatoms. The number of anilines is 2. The normalized spacial score (nSPS) is 10.1. The predicted molar refractivity (Wildman–Crippen MR) is 70.9 cm³/mol. The summed E-state index contributed by atoms with van der Waals surface area (Å²) < 4.78 is 0. The van der Waals surface area contributed by atoms with Crippen LogP contribution < -0.4 is 10.6 Å². The molecule has 0 spiro atoms. The van der Waals surface area contributed by atoms with E-state index in [2.05, 4.69) is 27.5 Å². The number of unbranched alkanes of at least 4 members (excludes halogenated alkanes) is 1. The Bertz CT molecular complexity index is 397. The van der Waals surface area contributed by atoms with E-state index in [-0.39, 0.29) is 11.5 Å². The summed E-state index contributed by atoms with van der Waals surface area (Å²) >= 11 is 0. The van der Waals surface area contributed by atoms with Gasteiger partial charge in [-0.25, -0.2) is 4.98 Å². The Labute approximate surface area is 106 Å². The van der Waals surface area contributed by atoms with Crippen LogP contribution in [-0.2, 0) is 0 Å². The maximum atomic E-state index is 10.8. The van der Waals surface area contributed by atoms with Crippen molar-refractivity contribution in [2.45, 2.75) is 33.1 Å². The number of nitrogens with zero attached hydrogens (tertiary/aromatic N) is 3. The van der Waals surface area contributed by atoms with Crippen LogP contribution >= 0.6 is 0 Å². The van der Waals surface area contributed by atoms with Gasteiger partial charge in [-0.05, 0) is 12.8 Å². The Hall–Kier alpha value is -1.92. The highest BCUT2D eigenvalue weighted by atomic mass is 16.6. The van der Waals surface area contributed by atoms with Crippen LogP contribution in [0.2, 0.25) is 0 Å². The van der Waals surface area contributed by atoms with E-state index in [9.17, 15) is 10.1 Å². The van der Waals surface area contributed by atoms with Crippen molar-refractivity contribution >= 4 is 17.5 Å². The molecular formula is C11H19N5O2. The Morgan fingerprint density at radius 1 is 1.28 bits per heavy atom. The van der Waals surface area contributed by atoms with E-state index in [1.807, 2.05) is 6.92 Å². The lowest BCUT2D eigenvalue weighted by Gasteiger charge is -2.07. The van der Waals surface area contributed by atoms with Gasteiger partial charge in [-0.15, -0.1) is 0 Å². The molecule has 0 saturated carbocycles. The average molecular weight is 253 g/mol. The molecule has 7 nitrogen and oxygen atoms in total. The van der Waals surface area contributed by atoms with Gasteiger partial charge in [0.25, 0.3) is 0 Å². The molecule has 0 amide bonds. The van der Waals surface area contributed by atoms with Crippen LogP contribution in [0.5, 0.6) is 0 Å². The van der Waals surface area contributed by atoms with Gasteiger partial charge >= 0.3 is 5.69 Å². The molecule has 0 atom stereocenters. The smallest absolute Gasteiger partial charge is 0.329 e. The summed E-state index contributed by atoms with van der Waals surface area (Å²) in [6, 6.07) is 0. The molecule has 0 unspecified atom stereocenters. The number of nitro groups is 1. The van der Waals surface area contributed by atoms with Crippen molar-refractivity contribution in [2.75, 3.05) is 23.7 Å². The molecule has 0 bridgehead atoms. The average Bonchev–Trinajstić information content (AvgIpc) is 2.36. The molecule has 0 aliphatic heterocycles. The Morgan fingerprint density at radius 2 is 2.06 bits per heavy atom. The molecule has 1 heterocycles. The topological polar surface area (TPSA) is 93.0 Å². The highest BCUT2D eigenvalue weighted by Gasteiger charge is 2.16. The fourth-order valence-electron chi connectivity index (χ4n) is 1.34. The van der Waals surface area contributed by atoms with Gasteiger partial charge in [0, 0.05) is 13.1 Å². The molecule has 0 aliphatic rings. The van der Waals surface area contributed by atoms with Crippen LogP contribution in [-0.4, -0.2) is 28.0 Å². The van der Waals surface area contributed by atoms with E-state index < -0.39 is 4.92 Å². The molecule has 0 aromatic carbocycles. The maximum Gasteiger partial charge on any atom is 0.329 e. The van der Waals surface area contributed by atoms with E-state index in [1.54, 1.807) is 0 Å². The van der Waals surface area contributed by atoms with Gasteiger partial charge in [0.1, 0.15) is 6.20 Å². The molecule has 0 aliphatic carbocycles. The lowest BCUT2D eigenvalue weighted by Crippen LogP contribution is -2.10. The summed E-state index contributed by atoms with van der Waals surface area (Å²) in [5, 5.41) is 16.8. The SMILES string of the molecule is CCCCNc1nc(NCCC)ncc1[N+](=O)[O-]. The fourth-order valence-corrected chi connectivity index (χ4v) is 1.34. The van der Waals surface area contributed by atoms with Crippen LogP contribution in [0.4, 0.5) is 17.5 Å². The first-order valence-electron chi connectivity index (χ1n) is 6.18. The summed E-state index contributed by atoms with van der Waals surface area (Å²) in [5.41, 5.74) is -0.0897. The third kappa shape index (κ3) is 4.15. The van der Waals surface area contributed by atoms with Crippen molar-refractivity contribution in [1.82, 2.24) is 9.97 Å². The number of nitrogens with one attached hydrogen (secondary N) is 2. The zero-order chi connectivity index (χ0) is 13.4. The Kier molecular flexibility index (Phi) is 5.83. The van der Waals surface area contributed by atoms with Crippen molar-refractivity contribution < 1.29 is 4.92 Å². The second-order valence-corrected chi connectivity index (χ2v) is 3.89. The lowest BCUT2D eigenvalue weighted by molar-refractivity contribution is -0.384. The van der Waals surface area contributed by atoms with Crippen molar-refractivity contribution in [2.24, 2.45) is 0 Å². The molecule has 0 saturated heterocycles. The van der Waals surface area contributed by atoms with Gasteiger partial charge in [-0.1, -0.05) is 20.3 Å². The first-order valence-corrected chi connectivity index (χ1v) is 6.18. The van der Waals surface area contributed by atoms with Gasteiger partial charge in [-0.2, -0.15) is 4.98 Å². The number of rotatable bonds is 8. The van der Waals surface area contributed by atoms with E-state index in [0.717, 1.165) is 25.8 Å². The minimum Gasteiger partial charge on any atom is -0.364 e. The van der Waals surface area contributed by atoms with Gasteiger partial charge in [0.15, 0.2) is 0 Å². The summed E-state index contributed by atoms with van der Waals surface area (Å²) in [7, 11) is 0. The first kappa shape index (κ1) is 14.1. The van der Waals surface area contributed by atoms with E-state index in [1.165, 1.54) is 6.20 Å². The molecule has 0 radical (unpaired) electrons. The second kappa shape index (κ2) is 7.41. The van der Waals surface area contributed by atoms with Crippen LogP contribution in [0.1, 0.15) is 33.1 Å². The molecule has 0 fully saturated rings. The van der Waals surface area contributed by atoms with Crippen molar-refractivity contribution in [3.63, 3.8) is 0 Å². The quantitative estimate of drug-likeness (QED) is 0.420. The molecule has 18 heavy (non-hydrogen) atoms. The molecule has 1 aromatic heterocycles. The van der Waals surface area contributed by atoms with Crippen LogP contribution in [0.3, 0.4) is 0 Å². The van der Waals surface area contributed by atoms with Crippen molar-refractivity contribution in [3.05, 3.63) is 16.3 Å². The molecule has 100 valence electrons. The van der Waals surface area contributed by atoms with Crippen LogP contribution in [0, 0.1) is 10.1 Å². The van der Waals surface area contributed by atoms with E-state index >= 15 is 0 Å². The highest BCUT2D eigenvalue weighted by molar-refractivity contribution is 5.56. The Morgan fingerprint density at radius 3 is 2.67 bits per heavy atom. The standard InChI is InChI=1S/C11H19N5O2/c1-3-5-7-12-10-9(16(17)18)8-14-11(15-10)13-6-4-2/h8H,3-7H2,1-2H3,(H2,12,13,14,15). The third-order valence-electron chi connectivity index (χ3n) is 2.32. The van der Waals surface area contributed by atoms with Crippen LogP contribution in [0.15, 0.2) is 6.20 Å². The highest BCUT2D eigenvalue weighted by Crippen LogP contribution is 2.21. The predicted octanol–water partition coefficient (Wildman–Crippen LogP) is 2.42. The van der Waals surface area contributed by atoms with Crippen molar-refractivity contribution in [3.8, 4) is 0 Å². The molecular weight excluding hydrogens is 234 g/mol. The second-order valence-electron chi connectivity index (χ2n) is 3.89. The summed E-state index contributed by atoms with van der Waals surface area (Å²) in [6.07, 6.45) is 4.14. The van der Waals surface area contributed by atoms with Gasteiger partial charge in [-0.3, -0.25) is 10.1 Å². The first-order chi connectivity index (χ1) is 8.69. The van der Waals surface area contributed by atoms with Gasteiger partial charge in [0.05, 0.1) is 4.92 Å². The monoisotopic (exact) mass is 253 g/mol. The van der Waals surface area contributed by atoms with E-state index in [4.69, 9.17) is 0 Å². The molecule has 1 aromatic rings. The summed E-state index contributed by atoms with van der Waals surface area (Å²) in [6.45, 7) is 5.50. The van der Waals surface area contributed by atoms with Crippen molar-refractivity contribution in [1.29, 1.82) is 0 Å². The van der Waals surface area contributed by atoms with Gasteiger partial charge in [0.2, 0.25) is 11.8 Å². The Balaban J connectivity index is 2.82. The number of hydrogen-bond acceptors (Lipinski definition) is 6. The third-order valence-corrected chi connectivity index (χ3v) is 2.32. The lowest BCUT2D eigenvalue weighted by atomic mass is 10.3. The number of aromatic nitrogens is 2. The maximum absolute atomic E-state index is 10.8.